The summed E-state index contributed by atoms with van der Waals surface area (Å²) in [7, 11) is 0. The van der Waals surface area contributed by atoms with E-state index in [1.54, 1.807) is 12.1 Å². The van der Waals surface area contributed by atoms with Gasteiger partial charge in [-0.15, -0.1) is 0 Å². The van der Waals surface area contributed by atoms with Gasteiger partial charge < -0.3 is 10.1 Å². The minimum atomic E-state index is 0.0254. The molecule has 0 aliphatic carbocycles. The largest absolute Gasteiger partial charge is 0.378 e. The van der Waals surface area contributed by atoms with Gasteiger partial charge >= 0.3 is 0 Å². The second kappa shape index (κ2) is 4.89. The van der Waals surface area contributed by atoms with Crippen LogP contribution < -0.4 is 5.32 Å². The fraction of sp³-hybridized carbons (Fsp3) is 0.400. The van der Waals surface area contributed by atoms with Crippen LogP contribution >= 0.6 is 34.8 Å². The van der Waals surface area contributed by atoms with Crippen molar-refractivity contribution < 1.29 is 4.74 Å². The van der Waals surface area contributed by atoms with Crippen LogP contribution in [0.4, 0.5) is 0 Å². The molecular weight excluding hydrogens is 256 g/mol. The molecule has 0 spiro atoms. The number of morpholine rings is 1. The SMILES string of the molecule is Clc1ccc(Cl)c([C@H]2COCCN2)c1Cl. The van der Waals surface area contributed by atoms with Crippen molar-refractivity contribution in [2.45, 2.75) is 6.04 Å². The molecule has 0 unspecified atom stereocenters. The lowest BCUT2D eigenvalue weighted by Gasteiger charge is -2.26. The van der Waals surface area contributed by atoms with Crippen molar-refractivity contribution in [3.63, 3.8) is 0 Å². The number of halogens is 3. The lowest BCUT2D eigenvalue weighted by Crippen LogP contribution is -2.34. The summed E-state index contributed by atoms with van der Waals surface area (Å²) in [5, 5.41) is 4.93. The molecule has 1 aromatic rings. The predicted molar refractivity (Wildman–Crippen MR) is 63.0 cm³/mol. The van der Waals surface area contributed by atoms with E-state index in [0.717, 1.165) is 12.1 Å². The van der Waals surface area contributed by atoms with E-state index < -0.39 is 0 Å². The number of ether oxygens (including phenoxy) is 1. The third kappa shape index (κ3) is 2.40. The highest BCUT2D eigenvalue weighted by atomic mass is 35.5. The maximum Gasteiger partial charge on any atom is 0.0663 e. The maximum atomic E-state index is 6.12. The van der Waals surface area contributed by atoms with Gasteiger partial charge in [0.05, 0.1) is 29.3 Å². The summed E-state index contributed by atoms with van der Waals surface area (Å²) in [4.78, 5) is 0. The van der Waals surface area contributed by atoms with Gasteiger partial charge in [0.15, 0.2) is 0 Å². The Hall–Kier alpha value is 0.01000. The summed E-state index contributed by atoms with van der Waals surface area (Å²) in [5.41, 5.74) is 0.825. The highest BCUT2D eigenvalue weighted by Gasteiger charge is 2.21. The van der Waals surface area contributed by atoms with Gasteiger partial charge in [0.25, 0.3) is 0 Å². The highest BCUT2D eigenvalue weighted by Crippen LogP contribution is 2.36. The average Bonchev–Trinajstić information content (AvgIpc) is 2.26. The lowest BCUT2D eigenvalue weighted by molar-refractivity contribution is 0.0769. The fourth-order valence-corrected chi connectivity index (χ4v) is 2.41. The van der Waals surface area contributed by atoms with Crippen LogP contribution in [0, 0.1) is 0 Å². The van der Waals surface area contributed by atoms with E-state index in [1.165, 1.54) is 0 Å². The smallest absolute Gasteiger partial charge is 0.0663 e. The number of nitrogens with one attached hydrogen (secondary N) is 1. The van der Waals surface area contributed by atoms with Crippen LogP contribution in [0.5, 0.6) is 0 Å². The minimum Gasteiger partial charge on any atom is -0.378 e. The average molecular weight is 267 g/mol. The number of rotatable bonds is 1. The second-order valence-electron chi connectivity index (χ2n) is 3.34. The molecule has 0 amide bonds. The Balaban J connectivity index is 2.36. The van der Waals surface area contributed by atoms with Crippen molar-refractivity contribution >= 4 is 34.8 Å². The molecule has 0 aromatic heterocycles. The van der Waals surface area contributed by atoms with E-state index in [1.807, 2.05) is 0 Å². The van der Waals surface area contributed by atoms with Gasteiger partial charge in [-0.25, -0.2) is 0 Å². The first-order valence-electron chi connectivity index (χ1n) is 4.64. The second-order valence-corrected chi connectivity index (χ2v) is 4.53. The molecule has 1 heterocycles. The lowest BCUT2D eigenvalue weighted by atomic mass is 10.1. The zero-order valence-electron chi connectivity index (χ0n) is 7.90. The van der Waals surface area contributed by atoms with Crippen LogP contribution in [0.25, 0.3) is 0 Å². The Bertz CT molecular complexity index is 364. The Kier molecular flexibility index (Phi) is 3.75. The molecule has 2 rings (SSSR count). The van der Waals surface area contributed by atoms with Crippen molar-refractivity contribution in [2.24, 2.45) is 0 Å². The van der Waals surface area contributed by atoms with Crippen LogP contribution in [0.2, 0.25) is 15.1 Å². The maximum absolute atomic E-state index is 6.12. The normalized spacial score (nSPS) is 21.7. The van der Waals surface area contributed by atoms with Gasteiger partial charge in [-0.05, 0) is 12.1 Å². The molecule has 2 nitrogen and oxygen atoms in total. The Labute approximate surface area is 103 Å². The van der Waals surface area contributed by atoms with Gasteiger partial charge in [0.1, 0.15) is 0 Å². The molecule has 5 heteroatoms. The molecule has 1 aromatic carbocycles. The third-order valence-electron chi connectivity index (χ3n) is 2.35. The first-order chi connectivity index (χ1) is 7.20. The summed E-state index contributed by atoms with van der Waals surface area (Å²) in [5.74, 6) is 0. The highest BCUT2D eigenvalue weighted by molar-refractivity contribution is 6.44. The predicted octanol–water partition coefficient (Wildman–Crippen LogP) is 3.31. The van der Waals surface area contributed by atoms with Crippen molar-refractivity contribution in [3.8, 4) is 0 Å². The number of hydrogen-bond acceptors (Lipinski definition) is 2. The monoisotopic (exact) mass is 265 g/mol. The zero-order chi connectivity index (χ0) is 10.8. The van der Waals surface area contributed by atoms with Gasteiger partial charge in [-0.1, -0.05) is 34.8 Å². The van der Waals surface area contributed by atoms with Crippen molar-refractivity contribution in [1.29, 1.82) is 0 Å². The Morgan fingerprint density at radius 1 is 1.20 bits per heavy atom. The van der Waals surface area contributed by atoms with E-state index in [2.05, 4.69) is 5.32 Å². The molecule has 1 N–H and O–H groups in total. The molecule has 1 atom stereocenters. The molecule has 0 bridgehead atoms. The summed E-state index contributed by atoms with van der Waals surface area (Å²) in [6.07, 6.45) is 0. The molecule has 15 heavy (non-hydrogen) atoms. The molecule has 1 aliphatic rings. The first kappa shape index (κ1) is 11.5. The first-order valence-corrected chi connectivity index (χ1v) is 5.78. The van der Waals surface area contributed by atoms with Crippen molar-refractivity contribution in [1.82, 2.24) is 5.32 Å². The minimum absolute atomic E-state index is 0.0254. The fourth-order valence-electron chi connectivity index (χ4n) is 1.61. The van der Waals surface area contributed by atoms with Gasteiger partial charge in [-0.3, -0.25) is 0 Å². The Morgan fingerprint density at radius 2 is 1.93 bits per heavy atom. The quantitative estimate of drug-likeness (QED) is 0.788. The van der Waals surface area contributed by atoms with E-state index in [4.69, 9.17) is 39.5 Å². The Morgan fingerprint density at radius 3 is 2.60 bits per heavy atom. The summed E-state index contributed by atoms with van der Waals surface area (Å²) < 4.78 is 5.36. The van der Waals surface area contributed by atoms with Gasteiger partial charge in [0.2, 0.25) is 0 Å². The molecule has 1 aliphatic heterocycles. The van der Waals surface area contributed by atoms with E-state index >= 15 is 0 Å². The summed E-state index contributed by atoms with van der Waals surface area (Å²) in [6.45, 7) is 2.08. The van der Waals surface area contributed by atoms with Crippen LogP contribution in [0.1, 0.15) is 11.6 Å². The topological polar surface area (TPSA) is 21.3 Å². The molecular formula is C10H10Cl3NO. The van der Waals surface area contributed by atoms with E-state index in [-0.39, 0.29) is 6.04 Å². The molecule has 0 radical (unpaired) electrons. The van der Waals surface area contributed by atoms with Crippen molar-refractivity contribution in [3.05, 3.63) is 32.8 Å². The van der Waals surface area contributed by atoms with E-state index in [0.29, 0.717) is 28.3 Å². The van der Waals surface area contributed by atoms with Crippen LogP contribution in [0.15, 0.2) is 12.1 Å². The van der Waals surface area contributed by atoms with Gasteiger partial charge in [-0.2, -0.15) is 0 Å². The number of hydrogen-bond donors (Lipinski definition) is 1. The van der Waals surface area contributed by atoms with Crippen LogP contribution in [-0.4, -0.2) is 19.8 Å². The zero-order valence-corrected chi connectivity index (χ0v) is 10.2. The van der Waals surface area contributed by atoms with E-state index in [9.17, 15) is 0 Å². The molecule has 1 saturated heterocycles. The van der Waals surface area contributed by atoms with Crippen LogP contribution in [-0.2, 0) is 4.74 Å². The standard InChI is InChI=1S/C10H10Cl3NO/c11-6-1-2-7(12)10(13)9(6)8-5-15-4-3-14-8/h1-2,8,14H,3-5H2/t8-/m1/s1. The molecule has 82 valence electrons. The molecule has 0 saturated carbocycles. The third-order valence-corrected chi connectivity index (χ3v) is 3.50. The molecule has 1 fully saturated rings. The summed E-state index contributed by atoms with van der Waals surface area (Å²) >= 11 is 18.2. The van der Waals surface area contributed by atoms with Crippen molar-refractivity contribution in [2.75, 3.05) is 19.8 Å². The van der Waals surface area contributed by atoms with Gasteiger partial charge in [0, 0.05) is 17.1 Å². The van der Waals surface area contributed by atoms with Crippen LogP contribution in [0.3, 0.4) is 0 Å². The summed E-state index contributed by atoms with van der Waals surface area (Å²) in [6, 6.07) is 3.47. The number of benzene rings is 1.